The quantitative estimate of drug-likeness (QED) is 0.0995. The van der Waals surface area contributed by atoms with Crippen LogP contribution in [0.15, 0.2) is 54.6 Å². The highest BCUT2D eigenvalue weighted by Gasteiger charge is 2.33. The Kier molecular flexibility index (Phi) is 19.8. The summed E-state index contributed by atoms with van der Waals surface area (Å²) in [6.07, 6.45) is -0.960. The van der Waals surface area contributed by atoms with Crippen LogP contribution in [-0.4, -0.2) is 182 Å². The Morgan fingerprint density at radius 2 is 1.17 bits per heavy atom. The SMILES string of the molecule is CC(C)[C@H](NC(=O)N(C)CCN1CCOCC1)C(=O)NC(Cc1ccccc1)C(O)CN(Cc1ccc(O)cc1)NC(=O)[C@@H](NC(=O)N(C)CCN1CCOCC1)C(C)C. The van der Waals surface area contributed by atoms with Crippen LogP contribution in [0.5, 0.6) is 5.75 Å². The Hall–Kier alpha value is -4.52. The molecule has 6 N–H and O–H groups in total. The molecule has 4 rings (SSSR count). The van der Waals surface area contributed by atoms with Crippen molar-refractivity contribution in [1.29, 1.82) is 0 Å². The molecule has 0 spiro atoms. The molecular formula is C43H69N9O8. The lowest BCUT2D eigenvalue weighted by Crippen LogP contribution is -2.60. The molecule has 0 aromatic heterocycles. The number of urea groups is 2. The topological polar surface area (TPSA) is 192 Å². The third kappa shape index (κ3) is 16.2. The maximum Gasteiger partial charge on any atom is 0.317 e. The fraction of sp³-hybridized carbons (Fsp3) is 0.628. The molecule has 2 heterocycles. The van der Waals surface area contributed by atoms with Gasteiger partial charge >= 0.3 is 12.1 Å². The third-order valence-electron chi connectivity index (χ3n) is 10.9. The van der Waals surface area contributed by atoms with Crippen LogP contribution in [0.25, 0.3) is 0 Å². The monoisotopic (exact) mass is 840 g/mol. The lowest BCUT2D eigenvalue weighted by atomic mass is 9.98. The average Bonchev–Trinajstić information content (AvgIpc) is 3.23. The van der Waals surface area contributed by atoms with Crippen molar-refractivity contribution in [3.63, 3.8) is 0 Å². The van der Waals surface area contributed by atoms with Gasteiger partial charge in [0.2, 0.25) is 5.91 Å². The maximum absolute atomic E-state index is 14.1. The molecule has 2 saturated heterocycles. The van der Waals surface area contributed by atoms with Gasteiger partial charge in [-0.1, -0.05) is 70.2 Å². The van der Waals surface area contributed by atoms with E-state index < -0.39 is 36.0 Å². The molecule has 2 fully saturated rings. The van der Waals surface area contributed by atoms with Crippen molar-refractivity contribution < 1.29 is 38.9 Å². The molecule has 17 nitrogen and oxygen atoms in total. The Balaban J connectivity index is 1.48. The van der Waals surface area contributed by atoms with Crippen LogP contribution in [0.2, 0.25) is 0 Å². The number of aliphatic hydroxyl groups is 1. The number of phenolic OH excluding ortho intramolecular Hbond substituents is 1. The first-order valence-electron chi connectivity index (χ1n) is 21.2. The molecule has 0 saturated carbocycles. The number of aliphatic hydroxyl groups excluding tert-OH is 1. The summed E-state index contributed by atoms with van der Waals surface area (Å²) in [7, 11) is 3.39. The number of aromatic hydroxyl groups is 1. The molecule has 60 heavy (non-hydrogen) atoms. The molecule has 17 heteroatoms. The van der Waals surface area contributed by atoms with Gasteiger partial charge in [0.05, 0.1) is 38.6 Å². The van der Waals surface area contributed by atoms with Gasteiger partial charge < -0.3 is 45.4 Å². The highest BCUT2D eigenvalue weighted by atomic mass is 16.5. The van der Waals surface area contributed by atoms with E-state index in [1.807, 2.05) is 58.0 Å². The van der Waals surface area contributed by atoms with Crippen LogP contribution in [0.4, 0.5) is 9.59 Å². The fourth-order valence-corrected chi connectivity index (χ4v) is 6.97. The molecule has 6 amide bonds. The van der Waals surface area contributed by atoms with Gasteiger partial charge in [-0.25, -0.2) is 14.6 Å². The van der Waals surface area contributed by atoms with Gasteiger partial charge in [-0.05, 0) is 41.5 Å². The zero-order valence-corrected chi connectivity index (χ0v) is 36.3. The summed E-state index contributed by atoms with van der Waals surface area (Å²) < 4.78 is 10.9. The number of benzene rings is 2. The normalized spacial score (nSPS) is 17.1. The van der Waals surface area contributed by atoms with E-state index in [-0.39, 0.29) is 49.2 Å². The second-order valence-corrected chi connectivity index (χ2v) is 16.5. The van der Waals surface area contributed by atoms with E-state index in [2.05, 4.69) is 31.2 Å². The smallest absolute Gasteiger partial charge is 0.317 e. The van der Waals surface area contributed by atoms with Crippen molar-refractivity contribution in [3.05, 3.63) is 65.7 Å². The highest BCUT2D eigenvalue weighted by molar-refractivity contribution is 5.88. The minimum atomic E-state index is -1.22. The highest BCUT2D eigenvalue weighted by Crippen LogP contribution is 2.15. The second-order valence-electron chi connectivity index (χ2n) is 16.5. The Morgan fingerprint density at radius 3 is 1.65 bits per heavy atom. The first kappa shape index (κ1) is 48.1. The third-order valence-corrected chi connectivity index (χ3v) is 10.9. The number of amides is 6. The number of hydrogen-bond acceptors (Lipinski definition) is 11. The van der Waals surface area contributed by atoms with Gasteiger partial charge in [0, 0.05) is 79.5 Å². The van der Waals surface area contributed by atoms with Crippen molar-refractivity contribution in [3.8, 4) is 5.75 Å². The molecule has 2 aromatic carbocycles. The maximum atomic E-state index is 14.1. The van der Waals surface area contributed by atoms with Crippen LogP contribution >= 0.6 is 0 Å². The van der Waals surface area contributed by atoms with E-state index in [1.54, 1.807) is 41.0 Å². The number of hydrazine groups is 1. The van der Waals surface area contributed by atoms with Crippen LogP contribution < -0.4 is 21.4 Å². The summed E-state index contributed by atoms with van der Waals surface area (Å²) in [5.41, 5.74) is 4.54. The standard InChI is InChI=1S/C43H69N9O8/c1-31(2)38(45-42(57)48(5)16-18-50-20-24-59-25-21-50)40(55)44-36(28-33-10-8-7-9-11-33)37(54)30-52(29-34-12-14-35(53)15-13-34)47-41(56)39(32(3)4)46-43(58)49(6)17-19-51-22-26-60-27-23-51/h7-15,31-32,36-39,53-54H,16-30H2,1-6H3,(H,44,55)(H,45,57)(H,46,58)(H,47,56)/t36?,37?,38-,39-/m0/s1. The van der Waals surface area contributed by atoms with Gasteiger partial charge in [-0.15, -0.1) is 0 Å². The molecule has 334 valence electrons. The van der Waals surface area contributed by atoms with Crippen LogP contribution in [0.1, 0.15) is 38.8 Å². The zero-order chi connectivity index (χ0) is 43.6. The molecule has 2 aliphatic rings. The molecule has 0 bridgehead atoms. The number of morpholine rings is 2. The largest absolute Gasteiger partial charge is 0.508 e. The van der Waals surface area contributed by atoms with Crippen LogP contribution in [-0.2, 0) is 32.0 Å². The second kappa shape index (κ2) is 24.7. The number of carbonyl (C=O) groups excluding carboxylic acids is 4. The molecular weight excluding hydrogens is 771 g/mol. The van der Waals surface area contributed by atoms with E-state index in [1.165, 1.54) is 12.1 Å². The Morgan fingerprint density at radius 1 is 0.683 bits per heavy atom. The van der Waals surface area contributed by atoms with Crippen molar-refractivity contribution in [2.24, 2.45) is 11.8 Å². The number of nitrogens with one attached hydrogen (secondary N) is 4. The fourth-order valence-electron chi connectivity index (χ4n) is 6.97. The Bertz CT molecular complexity index is 1610. The average molecular weight is 840 g/mol. The lowest BCUT2D eigenvalue weighted by molar-refractivity contribution is -0.131. The van der Waals surface area contributed by atoms with E-state index in [0.29, 0.717) is 52.6 Å². The van der Waals surface area contributed by atoms with Crippen molar-refractivity contribution >= 4 is 23.9 Å². The first-order valence-corrected chi connectivity index (χ1v) is 21.2. The van der Waals surface area contributed by atoms with Crippen LogP contribution in [0, 0.1) is 11.8 Å². The van der Waals surface area contributed by atoms with Crippen LogP contribution in [0.3, 0.4) is 0 Å². The number of hydrogen-bond donors (Lipinski definition) is 6. The molecule has 2 unspecified atom stereocenters. The molecule has 0 radical (unpaired) electrons. The van der Waals surface area contributed by atoms with Gasteiger partial charge in [-0.2, -0.15) is 0 Å². The molecule has 2 aromatic rings. The summed E-state index contributed by atoms with van der Waals surface area (Å²) in [4.78, 5) is 62.3. The minimum Gasteiger partial charge on any atom is -0.508 e. The predicted octanol–water partition coefficient (Wildman–Crippen LogP) is 1.31. The summed E-state index contributed by atoms with van der Waals surface area (Å²) in [6.45, 7) is 15.5. The van der Waals surface area contributed by atoms with Gasteiger partial charge in [-0.3, -0.25) is 24.8 Å². The van der Waals surface area contributed by atoms with Gasteiger partial charge in [0.25, 0.3) is 5.91 Å². The van der Waals surface area contributed by atoms with E-state index in [4.69, 9.17) is 9.47 Å². The molecule has 2 aliphatic heterocycles. The lowest BCUT2D eigenvalue weighted by Gasteiger charge is -2.34. The van der Waals surface area contributed by atoms with E-state index in [0.717, 1.165) is 37.3 Å². The van der Waals surface area contributed by atoms with Crippen molar-refractivity contribution in [2.45, 2.75) is 64.9 Å². The van der Waals surface area contributed by atoms with Crippen molar-refractivity contribution in [1.82, 2.24) is 46.0 Å². The van der Waals surface area contributed by atoms with Gasteiger partial charge in [0.1, 0.15) is 17.8 Å². The van der Waals surface area contributed by atoms with Crippen molar-refractivity contribution in [2.75, 3.05) is 99.4 Å². The molecule has 0 aliphatic carbocycles. The number of ether oxygens (including phenoxy) is 2. The molecule has 4 atom stereocenters. The number of likely N-dealkylation sites (N-methyl/N-ethyl adjacent to an activating group) is 2. The summed E-state index contributed by atoms with van der Waals surface area (Å²) in [5, 5.41) is 32.3. The number of phenols is 1. The van der Waals surface area contributed by atoms with E-state index >= 15 is 0 Å². The number of nitrogens with zero attached hydrogens (tertiary/aromatic N) is 5. The zero-order valence-electron chi connectivity index (χ0n) is 36.3. The summed E-state index contributed by atoms with van der Waals surface area (Å²) in [5.74, 6) is -1.41. The van der Waals surface area contributed by atoms with Gasteiger partial charge in [0.15, 0.2) is 0 Å². The first-order chi connectivity index (χ1) is 28.7. The Labute approximate surface area is 355 Å². The number of carbonyl (C=O) groups is 4. The predicted molar refractivity (Wildman–Crippen MR) is 229 cm³/mol. The summed E-state index contributed by atoms with van der Waals surface area (Å²) >= 11 is 0. The summed E-state index contributed by atoms with van der Waals surface area (Å²) in [6, 6.07) is 12.5. The number of rotatable bonds is 21. The van der Waals surface area contributed by atoms with E-state index in [9.17, 15) is 29.4 Å². The minimum absolute atomic E-state index is 0.0791.